The molecule has 44 heavy (non-hydrogen) atoms. The third kappa shape index (κ3) is 7.80. The van der Waals surface area contributed by atoms with Crippen LogP contribution >= 0.6 is 22.6 Å². The zero-order valence-electron chi connectivity index (χ0n) is 26.1. The van der Waals surface area contributed by atoms with E-state index >= 15 is 4.39 Å². The quantitative estimate of drug-likeness (QED) is 0.118. The lowest BCUT2D eigenvalue weighted by atomic mass is 9.71. The third-order valence-electron chi connectivity index (χ3n) is 10.1. The smallest absolute Gasteiger partial charge is 0.352 e. The van der Waals surface area contributed by atoms with Gasteiger partial charge in [-0.3, -0.25) is 0 Å². The standard InChI is InChI=1S/C37H45F4IO2/c1-4-6-23(3)24-7-9-25(10-8-24)31-21-43-34(44-22-31)18-16-26-15-17-32(36(38)35(26)37(39,40)41)29-13-11-28-20-30(33(42)5-2)14-12-27(28)19-29/h11-15,17,19-20,23-25,31,33-34H,4-10,16,18,21-22H2,1-3H3. The summed E-state index contributed by atoms with van der Waals surface area (Å²) >= 11 is 2.40. The molecule has 0 spiro atoms. The van der Waals surface area contributed by atoms with Gasteiger partial charge in [-0.2, -0.15) is 13.2 Å². The van der Waals surface area contributed by atoms with E-state index in [0.717, 1.165) is 29.0 Å². The lowest BCUT2D eigenvalue weighted by molar-refractivity contribution is -0.212. The first-order valence-corrected chi connectivity index (χ1v) is 17.6. The summed E-state index contributed by atoms with van der Waals surface area (Å²) in [5, 5.41) is 1.85. The number of halogens is 5. The van der Waals surface area contributed by atoms with Crippen LogP contribution in [-0.4, -0.2) is 19.5 Å². The van der Waals surface area contributed by atoms with E-state index in [1.807, 2.05) is 18.2 Å². The Balaban J connectivity index is 1.23. The second-order valence-corrected chi connectivity index (χ2v) is 14.5. The van der Waals surface area contributed by atoms with Gasteiger partial charge in [0.2, 0.25) is 0 Å². The van der Waals surface area contributed by atoms with E-state index in [0.29, 0.717) is 34.5 Å². The van der Waals surface area contributed by atoms with Crippen molar-refractivity contribution >= 4 is 33.4 Å². The van der Waals surface area contributed by atoms with Gasteiger partial charge >= 0.3 is 6.18 Å². The van der Waals surface area contributed by atoms with Crippen LogP contribution < -0.4 is 0 Å². The maximum Gasteiger partial charge on any atom is 0.419 e. The highest BCUT2D eigenvalue weighted by Crippen LogP contribution is 2.41. The van der Waals surface area contributed by atoms with E-state index in [2.05, 4.69) is 49.4 Å². The number of benzene rings is 3. The Bertz CT molecular complexity index is 1390. The molecule has 1 saturated heterocycles. The fourth-order valence-corrected chi connectivity index (χ4v) is 7.75. The van der Waals surface area contributed by atoms with Crippen LogP contribution in [0.25, 0.3) is 21.9 Å². The Morgan fingerprint density at radius 3 is 2.23 bits per heavy atom. The molecule has 5 rings (SSSR count). The Hall–Kier alpha value is -1.71. The molecular formula is C37H45F4IO2. The second-order valence-electron chi connectivity index (χ2n) is 13.0. The van der Waals surface area contributed by atoms with Crippen molar-refractivity contribution in [1.29, 1.82) is 0 Å². The summed E-state index contributed by atoms with van der Waals surface area (Å²) in [7, 11) is 0. The second kappa shape index (κ2) is 14.8. The summed E-state index contributed by atoms with van der Waals surface area (Å²) < 4.78 is 70.8. The Morgan fingerprint density at radius 2 is 1.57 bits per heavy atom. The van der Waals surface area contributed by atoms with Crippen LogP contribution in [0.3, 0.4) is 0 Å². The Kier molecular flexibility index (Phi) is 11.3. The van der Waals surface area contributed by atoms with Crippen LogP contribution in [0.4, 0.5) is 17.6 Å². The molecule has 0 bridgehead atoms. The predicted molar refractivity (Wildman–Crippen MR) is 178 cm³/mol. The number of aryl methyl sites for hydroxylation is 1. The van der Waals surface area contributed by atoms with Gasteiger partial charge in [-0.15, -0.1) is 0 Å². The van der Waals surface area contributed by atoms with Crippen molar-refractivity contribution in [1.82, 2.24) is 0 Å². The third-order valence-corrected chi connectivity index (χ3v) is 11.7. The van der Waals surface area contributed by atoms with E-state index < -0.39 is 23.8 Å². The van der Waals surface area contributed by atoms with Crippen molar-refractivity contribution < 1.29 is 27.0 Å². The molecule has 0 N–H and O–H groups in total. The molecule has 2 nitrogen and oxygen atoms in total. The maximum absolute atomic E-state index is 15.7. The maximum atomic E-state index is 15.7. The summed E-state index contributed by atoms with van der Waals surface area (Å²) in [4.78, 5) is 0. The summed E-state index contributed by atoms with van der Waals surface area (Å²) in [5.74, 6) is 1.27. The first-order valence-electron chi connectivity index (χ1n) is 16.4. The van der Waals surface area contributed by atoms with Crippen LogP contribution in [0, 0.1) is 29.5 Å². The van der Waals surface area contributed by atoms with Gasteiger partial charge in [-0.1, -0.05) is 98.7 Å². The highest BCUT2D eigenvalue weighted by atomic mass is 127. The molecule has 0 amide bonds. The minimum Gasteiger partial charge on any atom is -0.352 e. The molecule has 1 heterocycles. The van der Waals surface area contributed by atoms with E-state index in [-0.39, 0.29) is 24.0 Å². The van der Waals surface area contributed by atoms with E-state index in [9.17, 15) is 13.2 Å². The van der Waals surface area contributed by atoms with Gasteiger partial charge in [0.05, 0.1) is 18.8 Å². The summed E-state index contributed by atoms with van der Waals surface area (Å²) in [6.07, 6.45) is 3.31. The number of alkyl halides is 4. The molecule has 0 radical (unpaired) electrons. The first kappa shape index (κ1) is 33.6. The average molecular weight is 725 g/mol. The SMILES string of the molecule is CCCC(C)C1CCC(C2COC(CCc3ccc(-c4ccc5cc(C(I)CC)ccc5c4)c(F)c3C(F)(F)F)OC2)CC1. The minimum atomic E-state index is -4.82. The number of rotatable bonds is 10. The molecule has 7 heteroatoms. The fraction of sp³-hybridized carbons (Fsp3) is 0.568. The fourth-order valence-electron chi connectivity index (χ4n) is 7.36. The lowest BCUT2D eigenvalue weighted by Crippen LogP contribution is -2.38. The van der Waals surface area contributed by atoms with Crippen molar-refractivity contribution in [2.45, 2.75) is 94.9 Å². The number of hydrogen-bond donors (Lipinski definition) is 0. The number of fused-ring (bicyclic) bond motifs is 1. The summed E-state index contributed by atoms with van der Waals surface area (Å²) in [5.41, 5.74) is 0.332. The van der Waals surface area contributed by atoms with E-state index in [4.69, 9.17) is 9.47 Å². The molecule has 1 saturated carbocycles. The predicted octanol–water partition coefficient (Wildman–Crippen LogP) is 11.7. The highest BCUT2D eigenvalue weighted by Gasteiger charge is 2.39. The van der Waals surface area contributed by atoms with Gasteiger partial charge in [0.15, 0.2) is 6.29 Å². The Morgan fingerprint density at radius 1 is 0.886 bits per heavy atom. The van der Waals surface area contributed by atoms with Crippen molar-refractivity contribution in [2.75, 3.05) is 13.2 Å². The normalized spacial score (nSPS) is 24.4. The largest absolute Gasteiger partial charge is 0.419 e. The molecule has 2 atom stereocenters. The molecule has 1 aliphatic carbocycles. The molecule has 2 unspecified atom stereocenters. The molecule has 3 aromatic carbocycles. The number of hydrogen-bond acceptors (Lipinski definition) is 2. The first-order chi connectivity index (χ1) is 21.1. The van der Waals surface area contributed by atoms with Gasteiger partial charge in [0.25, 0.3) is 0 Å². The highest BCUT2D eigenvalue weighted by molar-refractivity contribution is 14.1. The van der Waals surface area contributed by atoms with Crippen molar-refractivity contribution in [3.8, 4) is 11.1 Å². The Labute approximate surface area is 273 Å². The van der Waals surface area contributed by atoms with Crippen LogP contribution in [0.1, 0.15) is 92.8 Å². The van der Waals surface area contributed by atoms with Gasteiger partial charge in [0, 0.05) is 21.8 Å². The zero-order chi connectivity index (χ0) is 31.4. The molecule has 2 aliphatic rings. The van der Waals surface area contributed by atoms with Gasteiger partial charge in [-0.25, -0.2) is 4.39 Å². The molecule has 240 valence electrons. The molecule has 3 aromatic rings. The van der Waals surface area contributed by atoms with Crippen LogP contribution in [0.5, 0.6) is 0 Å². The van der Waals surface area contributed by atoms with E-state index in [1.165, 1.54) is 56.2 Å². The van der Waals surface area contributed by atoms with Crippen molar-refractivity contribution in [2.24, 2.45) is 23.7 Å². The topological polar surface area (TPSA) is 18.5 Å². The molecular weight excluding hydrogens is 679 g/mol. The van der Waals surface area contributed by atoms with Gasteiger partial charge in [-0.05, 0) is 89.8 Å². The summed E-state index contributed by atoms with van der Waals surface area (Å²) in [6, 6.07) is 14.3. The van der Waals surface area contributed by atoms with Crippen LogP contribution in [0.15, 0.2) is 48.5 Å². The monoisotopic (exact) mass is 724 g/mol. The number of ether oxygens (including phenoxy) is 2. The van der Waals surface area contributed by atoms with Gasteiger partial charge in [0.1, 0.15) is 5.82 Å². The van der Waals surface area contributed by atoms with Gasteiger partial charge < -0.3 is 9.47 Å². The molecule has 1 aliphatic heterocycles. The summed E-state index contributed by atoms with van der Waals surface area (Å²) in [6.45, 7) is 7.90. The van der Waals surface area contributed by atoms with E-state index in [1.54, 1.807) is 12.1 Å². The lowest BCUT2D eigenvalue weighted by Gasteiger charge is -2.39. The van der Waals surface area contributed by atoms with Crippen LogP contribution in [0.2, 0.25) is 0 Å². The minimum absolute atomic E-state index is 0.0250. The van der Waals surface area contributed by atoms with Crippen LogP contribution in [-0.2, 0) is 22.1 Å². The van der Waals surface area contributed by atoms with Crippen molar-refractivity contribution in [3.05, 3.63) is 71.0 Å². The average Bonchev–Trinajstić information content (AvgIpc) is 3.02. The molecule has 0 aromatic heterocycles. The molecule has 2 fully saturated rings. The zero-order valence-corrected chi connectivity index (χ0v) is 28.2. The van der Waals surface area contributed by atoms with Crippen molar-refractivity contribution in [3.63, 3.8) is 0 Å².